The van der Waals surface area contributed by atoms with E-state index in [9.17, 15) is 26.0 Å². The molecule has 9 nitrogen and oxygen atoms in total. The van der Waals surface area contributed by atoms with E-state index >= 15 is 0 Å². The lowest BCUT2D eigenvalue weighted by atomic mass is 10.2. The summed E-state index contributed by atoms with van der Waals surface area (Å²) in [6.45, 7) is 3.56. The van der Waals surface area contributed by atoms with Gasteiger partial charge in [0.1, 0.15) is 18.1 Å². The second-order valence-corrected chi connectivity index (χ2v) is 12.5. The van der Waals surface area contributed by atoms with Crippen LogP contribution in [0.3, 0.4) is 0 Å². The van der Waals surface area contributed by atoms with Crippen LogP contribution in [0, 0.1) is 12.7 Å². The van der Waals surface area contributed by atoms with Crippen LogP contribution in [-0.2, 0) is 24.8 Å². The number of amides is 1. The first-order chi connectivity index (χ1) is 19.5. The van der Waals surface area contributed by atoms with Crippen LogP contribution in [-0.4, -0.2) is 35.9 Å². The summed E-state index contributed by atoms with van der Waals surface area (Å²) in [5.41, 5.74) is 1.59. The third-order valence-corrected chi connectivity index (χ3v) is 9.06. The van der Waals surface area contributed by atoms with E-state index in [4.69, 9.17) is 4.74 Å². The molecule has 0 aromatic heterocycles. The van der Waals surface area contributed by atoms with Gasteiger partial charge in [0.25, 0.3) is 20.0 Å². The standard InChI is InChI=1S/C29H28FN3O6S2/c1-3-39-26-14-12-25(13-15-26)33(41(37,38)28-16-4-21(2)5-17-28)20-29(34)31-23-10-18-27(19-11-23)40(35,36)32-24-8-6-22(30)7-9-24/h4-19,32H,3,20H2,1-2H3,(H,31,34). The van der Waals surface area contributed by atoms with Crippen molar-refractivity contribution >= 4 is 43.0 Å². The zero-order valence-corrected chi connectivity index (χ0v) is 23.9. The van der Waals surface area contributed by atoms with Crippen molar-refractivity contribution in [3.63, 3.8) is 0 Å². The molecule has 0 spiro atoms. The van der Waals surface area contributed by atoms with Gasteiger partial charge in [-0.2, -0.15) is 0 Å². The predicted molar refractivity (Wildman–Crippen MR) is 156 cm³/mol. The Morgan fingerprint density at radius 3 is 1.93 bits per heavy atom. The number of ether oxygens (including phenoxy) is 1. The summed E-state index contributed by atoms with van der Waals surface area (Å²) in [4.78, 5) is 13.0. The van der Waals surface area contributed by atoms with Crippen molar-refractivity contribution in [2.75, 3.05) is 27.5 Å². The minimum absolute atomic E-state index is 0.0213. The maximum Gasteiger partial charge on any atom is 0.264 e. The SMILES string of the molecule is CCOc1ccc(N(CC(=O)Nc2ccc(S(=O)(=O)Nc3ccc(F)cc3)cc2)S(=O)(=O)c2ccc(C)cc2)cc1. The number of carbonyl (C=O) groups excluding carboxylic acids is 1. The quantitative estimate of drug-likeness (QED) is 0.246. The summed E-state index contributed by atoms with van der Waals surface area (Å²) >= 11 is 0. The molecular weight excluding hydrogens is 569 g/mol. The van der Waals surface area contributed by atoms with Gasteiger partial charge in [-0.3, -0.25) is 13.8 Å². The Balaban J connectivity index is 1.53. The van der Waals surface area contributed by atoms with Crippen LogP contribution in [0.1, 0.15) is 12.5 Å². The fraction of sp³-hybridized carbons (Fsp3) is 0.138. The summed E-state index contributed by atoms with van der Waals surface area (Å²) in [6, 6.07) is 22.8. The van der Waals surface area contributed by atoms with E-state index in [1.807, 2.05) is 13.8 Å². The van der Waals surface area contributed by atoms with Gasteiger partial charge >= 0.3 is 0 Å². The predicted octanol–water partition coefficient (Wildman–Crippen LogP) is 5.17. The van der Waals surface area contributed by atoms with Gasteiger partial charge in [0.05, 0.1) is 22.1 Å². The number of nitrogens with zero attached hydrogens (tertiary/aromatic N) is 1. The van der Waals surface area contributed by atoms with Crippen LogP contribution >= 0.6 is 0 Å². The number of benzene rings is 4. The number of anilines is 3. The van der Waals surface area contributed by atoms with Crippen molar-refractivity contribution in [3.05, 3.63) is 108 Å². The number of rotatable bonds is 11. The Bertz CT molecular complexity index is 1710. The molecule has 1 amide bonds. The minimum Gasteiger partial charge on any atom is -0.494 e. The van der Waals surface area contributed by atoms with Gasteiger partial charge in [-0.1, -0.05) is 17.7 Å². The van der Waals surface area contributed by atoms with Crippen molar-refractivity contribution in [2.45, 2.75) is 23.6 Å². The number of carbonyl (C=O) groups is 1. The first kappa shape index (κ1) is 29.6. The van der Waals surface area contributed by atoms with E-state index in [1.165, 1.54) is 48.5 Å². The van der Waals surface area contributed by atoms with E-state index in [0.29, 0.717) is 12.4 Å². The van der Waals surface area contributed by atoms with Crippen molar-refractivity contribution in [1.29, 1.82) is 0 Å². The number of nitrogens with one attached hydrogen (secondary N) is 2. The van der Waals surface area contributed by atoms with Gasteiger partial charge in [0.2, 0.25) is 5.91 Å². The molecule has 0 saturated carbocycles. The molecular formula is C29H28FN3O6S2. The molecule has 2 N–H and O–H groups in total. The fourth-order valence-corrected chi connectivity index (χ4v) is 6.29. The summed E-state index contributed by atoms with van der Waals surface area (Å²) in [5, 5.41) is 2.61. The molecule has 0 radical (unpaired) electrons. The lowest BCUT2D eigenvalue weighted by Gasteiger charge is -2.24. The molecule has 0 bridgehead atoms. The average molecular weight is 598 g/mol. The topological polar surface area (TPSA) is 122 Å². The van der Waals surface area contributed by atoms with Gasteiger partial charge in [0.15, 0.2) is 0 Å². The maximum atomic E-state index is 13.6. The van der Waals surface area contributed by atoms with Gasteiger partial charge in [-0.15, -0.1) is 0 Å². The summed E-state index contributed by atoms with van der Waals surface area (Å²) < 4.78 is 74.4. The number of aryl methyl sites for hydroxylation is 1. The highest BCUT2D eigenvalue weighted by atomic mass is 32.2. The van der Waals surface area contributed by atoms with Crippen LogP contribution in [0.2, 0.25) is 0 Å². The number of hydrogen-bond donors (Lipinski definition) is 2. The Morgan fingerprint density at radius 2 is 1.34 bits per heavy atom. The molecule has 4 rings (SSSR count). The third kappa shape index (κ3) is 7.41. The molecule has 0 saturated heterocycles. The van der Waals surface area contributed by atoms with Gasteiger partial charge in [-0.05, 0) is 98.8 Å². The Kier molecular flexibility index (Phi) is 8.94. The molecule has 4 aromatic rings. The van der Waals surface area contributed by atoms with Gasteiger partial charge in [-0.25, -0.2) is 21.2 Å². The number of halogens is 1. The monoisotopic (exact) mass is 597 g/mol. The van der Waals surface area contributed by atoms with Crippen molar-refractivity contribution in [2.24, 2.45) is 0 Å². The van der Waals surface area contributed by atoms with Crippen LogP contribution in [0.25, 0.3) is 0 Å². The molecule has 0 aliphatic heterocycles. The van der Waals surface area contributed by atoms with Gasteiger partial charge < -0.3 is 10.1 Å². The smallest absolute Gasteiger partial charge is 0.264 e. The Hall–Kier alpha value is -4.42. The first-order valence-electron chi connectivity index (χ1n) is 12.5. The molecule has 4 aromatic carbocycles. The summed E-state index contributed by atoms with van der Waals surface area (Å²) in [6.07, 6.45) is 0. The molecule has 0 heterocycles. The minimum atomic E-state index is -4.12. The van der Waals surface area contributed by atoms with Crippen LogP contribution < -0.4 is 19.1 Å². The highest BCUT2D eigenvalue weighted by Crippen LogP contribution is 2.26. The van der Waals surface area contributed by atoms with Crippen LogP contribution in [0.5, 0.6) is 5.75 Å². The first-order valence-corrected chi connectivity index (χ1v) is 15.4. The molecule has 214 valence electrons. The maximum absolute atomic E-state index is 13.6. The highest BCUT2D eigenvalue weighted by Gasteiger charge is 2.27. The van der Waals surface area contributed by atoms with E-state index in [0.717, 1.165) is 22.0 Å². The average Bonchev–Trinajstić information content (AvgIpc) is 2.94. The Morgan fingerprint density at radius 1 is 0.780 bits per heavy atom. The zero-order valence-electron chi connectivity index (χ0n) is 22.2. The lowest BCUT2D eigenvalue weighted by molar-refractivity contribution is -0.114. The lowest BCUT2D eigenvalue weighted by Crippen LogP contribution is -2.38. The molecule has 0 aliphatic rings. The highest BCUT2D eigenvalue weighted by molar-refractivity contribution is 7.93. The Labute approximate surface area is 238 Å². The normalized spacial score (nSPS) is 11.5. The van der Waals surface area contributed by atoms with Crippen molar-refractivity contribution < 1.29 is 30.8 Å². The summed E-state index contributed by atoms with van der Waals surface area (Å²) in [7, 11) is -8.09. The molecule has 0 aliphatic carbocycles. The largest absolute Gasteiger partial charge is 0.494 e. The number of hydrogen-bond acceptors (Lipinski definition) is 6. The molecule has 0 unspecified atom stereocenters. The second kappa shape index (κ2) is 12.4. The molecule has 0 atom stereocenters. The third-order valence-electron chi connectivity index (χ3n) is 5.88. The van der Waals surface area contributed by atoms with E-state index in [2.05, 4.69) is 10.0 Å². The van der Waals surface area contributed by atoms with E-state index in [1.54, 1.807) is 36.4 Å². The van der Waals surface area contributed by atoms with Gasteiger partial charge in [0, 0.05) is 11.4 Å². The molecule has 12 heteroatoms. The van der Waals surface area contributed by atoms with Crippen molar-refractivity contribution in [1.82, 2.24) is 0 Å². The number of sulfonamides is 2. The second-order valence-electron chi connectivity index (χ2n) is 8.94. The van der Waals surface area contributed by atoms with E-state index in [-0.39, 0.29) is 26.9 Å². The summed E-state index contributed by atoms with van der Waals surface area (Å²) in [5.74, 6) is -0.590. The molecule has 41 heavy (non-hydrogen) atoms. The van der Waals surface area contributed by atoms with E-state index < -0.39 is 38.3 Å². The van der Waals surface area contributed by atoms with Crippen molar-refractivity contribution in [3.8, 4) is 5.75 Å². The van der Waals surface area contributed by atoms with Crippen LogP contribution in [0.4, 0.5) is 21.5 Å². The fourth-order valence-electron chi connectivity index (χ4n) is 3.81. The van der Waals surface area contributed by atoms with Crippen LogP contribution in [0.15, 0.2) is 107 Å². The molecule has 0 fully saturated rings. The zero-order chi connectivity index (χ0) is 29.6.